The molecular formula is C35H35ClN4O6S. The van der Waals surface area contributed by atoms with Crippen LogP contribution in [0.25, 0.3) is 0 Å². The van der Waals surface area contributed by atoms with Crippen LogP contribution >= 0.6 is 11.6 Å². The SMILES string of the molecule is O=C(NC1CCCC1)[C@@H](Cc1ccccc1)N(Cc1cccc(Cl)c1)C(=O)CN(c1ccc([N+](=O)[O-])cc1)S(=O)(=O)c1ccccc1. The zero-order valence-corrected chi connectivity index (χ0v) is 27.1. The minimum atomic E-state index is -4.32. The van der Waals surface area contributed by atoms with Crippen molar-refractivity contribution in [3.8, 4) is 0 Å². The first-order valence-electron chi connectivity index (χ1n) is 15.3. The molecule has 1 N–H and O–H groups in total. The van der Waals surface area contributed by atoms with Gasteiger partial charge in [0.1, 0.15) is 12.6 Å². The summed E-state index contributed by atoms with van der Waals surface area (Å²) in [6, 6.07) is 27.8. The molecule has 1 atom stereocenters. The fourth-order valence-electron chi connectivity index (χ4n) is 5.74. The van der Waals surface area contributed by atoms with E-state index < -0.39 is 33.4 Å². The molecule has 10 nitrogen and oxygen atoms in total. The van der Waals surface area contributed by atoms with Crippen molar-refractivity contribution < 1.29 is 22.9 Å². The van der Waals surface area contributed by atoms with Crippen LogP contribution in [0, 0.1) is 10.1 Å². The fourth-order valence-corrected chi connectivity index (χ4v) is 7.39. The largest absolute Gasteiger partial charge is 0.352 e. The molecule has 0 saturated heterocycles. The van der Waals surface area contributed by atoms with Crippen LogP contribution in [-0.4, -0.2) is 48.7 Å². The number of nitrogens with one attached hydrogen (secondary N) is 1. The molecule has 0 unspecified atom stereocenters. The number of amides is 2. The minimum absolute atomic E-state index is 0.0149. The van der Waals surface area contributed by atoms with Gasteiger partial charge in [-0.3, -0.25) is 24.0 Å². The number of nitro benzene ring substituents is 1. The third-order valence-corrected chi connectivity index (χ3v) is 10.2. The lowest BCUT2D eigenvalue weighted by Gasteiger charge is -2.34. The van der Waals surface area contributed by atoms with Gasteiger partial charge in [-0.25, -0.2) is 8.42 Å². The first-order chi connectivity index (χ1) is 22.6. The van der Waals surface area contributed by atoms with E-state index in [9.17, 15) is 28.1 Å². The number of nitrogens with zero attached hydrogens (tertiary/aromatic N) is 3. The predicted molar refractivity (Wildman–Crippen MR) is 180 cm³/mol. The van der Waals surface area contributed by atoms with Gasteiger partial charge in [0.15, 0.2) is 0 Å². The third kappa shape index (κ3) is 8.55. The molecule has 1 saturated carbocycles. The number of benzene rings is 4. The molecular weight excluding hydrogens is 640 g/mol. The summed E-state index contributed by atoms with van der Waals surface area (Å²) < 4.78 is 29.0. The number of non-ortho nitro benzene ring substituents is 1. The first kappa shape index (κ1) is 33.6. The van der Waals surface area contributed by atoms with Crippen LogP contribution in [0.2, 0.25) is 5.02 Å². The Morgan fingerprint density at radius 2 is 1.49 bits per heavy atom. The van der Waals surface area contributed by atoms with E-state index in [0.29, 0.717) is 10.6 Å². The van der Waals surface area contributed by atoms with Crippen LogP contribution in [0.5, 0.6) is 0 Å². The molecule has 0 bridgehead atoms. The maximum Gasteiger partial charge on any atom is 0.269 e. The Kier molecular flexibility index (Phi) is 10.9. The van der Waals surface area contributed by atoms with Crippen molar-refractivity contribution in [1.29, 1.82) is 0 Å². The fraction of sp³-hybridized carbons (Fsp3) is 0.257. The van der Waals surface area contributed by atoms with Gasteiger partial charge >= 0.3 is 0 Å². The number of rotatable bonds is 13. The van der Waals surface area contributed by atoms with E-state index in [0.717, 1.165) is 35.6 Å². The number of sulfonamides is 1. The molecule has 12 heteroatoms. The maximum atomic E-state index is 14.5. The number of carbonyl (C=O) groups is 2. The van der Waals surface area contributed by atoms with Gasteiger partial charge in [0.05, 0.1) is 15.5 Å². The molecule has 244 valence electrons. The number of hydrogen-bond acceptors (Lipinski definition) is 6. The second-order valence-electron chi connectivity index (χ2n) is 11.4. The minimum Gasteiger partial charge on any atom is -0.352 e. The van der Waals surface area contributed by atoms with Crippen molar-refractivity contribution in [3.05, 3.63) is 135 Å². The second-order valence-corrected chi connectivity index (χ2v) is 13.7. The second kappa shape index (κ2) is 15.2. The van der Waals surface area contributed by atoms with Gasteiger partial charge < -0.3 is 10.2 Å². The van der Waals surface area contributed by atoms with Gasteiger partial charge in [-0.15, -0.1) is 0 Å². The summed E-state index contributed by atoms with van der Waals surface area (Å²) in [6.07, 6.45) is 3.88. The molecule has 4 aromatic carbocycles. The Labute approximate surface area is 279 Å². The average molecular weight is 675 g/mol. The number of carbonyl (C=O) groups excluding carboxylic acids is 2. The monoisotopic (exact) mass is 674 g/mol. The zero-order valence-electron chi connectivity index (χ0n) is 25.6. The number of nitro groups is 1. The summed E-state index contributed by atoms with van der Waals surface area (Å²) in [5, 5.41) is 14.9. The molecule has 47 heavy (non-hydrogen) atoms. The lowest BCUT2D eigenvalue weighted by Crippen LogP contribution is -2.54. The first-order valence-corrected chi connectivity index (χ1v) is 17.1. The highest BCUT2D eigenvalue weighted by molar-refractivity contribution is 7.92. The molecule has 1 aliphatic rings. The van der Waals surface area contributed by atoms with Crippen LogP contribution in [0.1, 0.15) is 36.8 Å². The van der Waals surface area contributed by atoms with Gasteiger partial charge in [0, 0.05) is 36.2 Å². The van der Waals surface area contributed by atoms with Crippen LogP contribution in [-0.2, 0) is 32.6 Å². The summed E-state index contributed by atoms with van der Waals surface area (Å²) in [7, 11) is -4.32. The van der Waals surface area contributed by atoms with Gasteiger partial charge in [0.25, 0.3) is 15.7 Å². The van der Waals surface area contributed by atoms with Crippen LogP contribution in [0.4, 0.5) is 11.4 Å². The third-order valence-electron chi connectivity index (χ3n) is 8.17. The smallest absolute Gasteiger partial charge is 0.269 e. The summed E-state index contributed by atoms with van der Waals surface area (Å²) in [4.78, 5) is 40.7. The lowest BCUT2D eigenvalue weighted by atomic mass is 10.0. The normalized spacial score (nSPS) is 13.9. The molecule has 0 aliphatic heterocycles. The summed E-state index contributed by atoms with van der Waals surface area (Å²) >= 11 is 6.30. The van der Waals surface area contributed by atoms with Crippen LogP contribution < -0.4 is 9.62 Å². The topological polar surface area (TPSA) is 130 Å². The van der Waals surface area contributed by atoms with Crippen molar-refractivity contribution >= 4 is 44.8 Å². The zero-order chi connectivity index (χ0) is 33.4. The van der Waals surface area contributed by atoms with Crippen molar-refractivity contribution in [3.63, 3.8) is 0 Å². The lowest BCUT2D eigenvalue weighted by molar-refractivity contribution is -0.384. The Morgan fingerprint density at radius 3 is 2.11 bits per heavy atom. The van der Waals surface area contributed by atoms with Gasteiger partial charge in [0.2, 0.25) is 11.8 Å². The summed E-state index contributed by atoms with van der Waals surface area (Å²) in [5.41, 5.74) is 1.31. The highest BCUT2D eigenvalue weighted by atomic mass is 35.5. The Balaban J connectivity index is 1.57. The van der Waals surface area contributed by atoms with E-state index in [1.165, 1.54) is 41.3 Å². The van der Waals surface area contributed by atoms with Gasteiger partial charge in [-0.2, -0.15) is 0 Å². The Bertz CT molecular complexity index is 1800. The summed E-state index contributed by atoms with van der Waals surface area (Å²) in [5.74, 6) is -0.964. The van der Waals surface area contributed by atoms with Crippen LogP contribution in [0.15, 0.2) is 114 Å². The van der Waals surface area contributed by atoms with E-state index in [1.54, 1.807) is 42.5 Å². The number of halogens is 1. The molecule has 5 rings (SSSR count). The molecule has 0 spiro atoms. The van der Waals surface area contributed by atoms with E-state index in [1.807, 2.05) is 30.3 Å². The van der Waals surface area contributed by atoms with E-state index in [4.69, 9.17) is 11.6 Å². The molecule has 0 radical (unpaired) electrons. The summed E-state index contributed by atoms with van der Waals surface area (Å²) in [6.45, 7) is -0.688. The molecule has 1 aliphatic carbocycles. The Morgan fingerprint density at radius 1 is 0.872 bits per heavy atom. The highest BCUT2D eigenvalue weighted by Crippen LogP contribution is 2.27. The van der Waals surface area contributed by atoms with E-state index in [2.05, 4.69) is 5.32 Å². The predicted octanol–water partition coefficient (Wildman–Crippen LogP) is 6.14. The van der Waals surface area contributed by atoms with Crippen LogP contribution in [0.3, 0.4) is 0 Å². The number of hydrogen-bond donors (Lipinski definition) is 1. The van der Waals surface area contributed by atoms with Gasteiger partial charge in [-0.05, 0) is 60.4 Å². The van der Waals surface area contributed by atoms with Crippen molar-refractivity contribution in [2.45, 2.75) is 55.6 Å². The van der Waals surface area contributed by atoms with E-state index in [-0.39, 0.29) is 41.2 Å². The molecule has 4 aromatic rings. The van der Waals surface area contributed by atoms with Gasteiger partial charge in [-0.1, -0.05) is 85.1 Å². The molecule has 0 aromatic heterocycles. The maximum absolute atomic E-state index is 14.5. The van der Waals surface area contributed by atoms with Crippen molar-refractivity contribution in [1.82, 2.24) is 10.2 Å². The molecule has 0 heterocycles. The molecule has 2 amide bonds. The van der Waals surface area contributed by atoms with Crippen molar-refractivity contribution in [2.24, 2.45) is 0 Å². The standard InChI is InChI=1S/C35H35ClN4O6S/c36-28-13-9-12-27(22-28)24-38(33(23-26-10-3-1-4-11-26)35(42)37-29-14-7-8-15-29)34(41)25-39(30-18-20-31(21-19-30)40(43)44)47(45,46)32-16-5-2-6-17-32/h1-6,9-13,16-22,29,33H,7-8,14-15,23-25H2,(H,37,42)/t33-/m1/s1. The highest BCUT2D eigenvalue weighted by Gasteiger charge is 2.35. The van der Waals surface area contributed by atoms with E-state index >= 15 is 0 Å². The van der Waals surface area contributed by atoms with Crippen molar-refractivity contribution in [2.75, 3.05) is 10.8 Å². The average Bonchev–Trinajstić information content (AvgIpc) is 3.59. The number of anilines is 1. The Hall–Kier alpha value is -4.74. The quantitative estimate of drug-likeness (QED) is 0.134. The molecule has 1 fully saturated rings.